The highest BCUT2D eigenvalue weighted by Crippen LogP contribution is 2.40. The minimum atomic E-state index is -2.33. The van der Waals surface area contributed by atoms with Crippen LogP contribution >= 0.6 is 0 Å². The lowest BCUT2D eigenvalue weighted by Crippen LogP contribution is -2.71. The first kappa shape index (κ1) is 111. The summed E-state index contributed by atoms with van der Waals surface area (Å²) in [6.45, 7) is 3.32. The molecule has 7 fully saturated rings. The van der Waals surface area contributed by atoms with E-state index in [9.17, 15) is 111 Å². The van der Waals surface area contributed by atoms with E-state index in [2.05, 4.69) is 29.8 Å². The monoisotopic (exact) mass is 1830 g/mol. The van der Waals surface area contributed by atoms with E-state index in [0.29, 0.717) is 12.8 Å². The van der Waals surface area contributed by atoms with Crippen LogP contribution in [0.25, 0.3) is 0 Å². The van der Waals surface area contributed by atoms with Crippen LogP contribution in [0, 0.1) is 0 Å². The van der Waals surface area contributed by atoms with E-state index in [4.69, 9.17) is 66.3 Å². The fraction of sp³-hybridized carbons (Fsp3) is 0.943. The number of hydrogen-bond acceptors (Lipinski definition) is 36. The molecule has 3 amide bonds. The molecule has 39 heteroatoms. The smallest absolute Gasteiger partial charge is 0.220 e. The second-order valence-electron chi connectivity index (χ2n) is 35.6. The second kappa shape index (κ2) is 59.0. The van der Waals surface area contributed by atoms with E-state index < -0.39 is 278 Å². The number of rotatable bonds is 59. The first-order chi connectivity index (χ1) is 61.0. The minimum absolute atomic E-state index is 0.158. The minimum Gasteiger partial charge on any atom is -0.394 e. The highest BCUT2D eigenvalue weighted by atomic mass is 16.8. The number of nitrogens with one attached hydrogen (secondary N) is 3. The predicted octanol–water partition coefficient (Wildman–Crippen LogP) is -0.204. The Balaban J connectivity index is 1.03. The van der Waals surface area contributed by atoms with E-state index >= 15 is 0 Å². The van der Waals surface area contributed by atoms with Crippen molar-refractivity contribution >= 4 is 17.7 Å². The Morgan fingerprint density at radius 1 is 0.323 bits per heavy atom. The van der Waals surface area contributed by atoms with Crippen LogP contribution in [-0.4, -0.2) is 381 Å². The Kier molecular flexibility index (Phi) is 51.5. The zero-order chi connectivity index (χ0) is 92.8. The van der Waals surface area contributed by atoms with E-state index in [1.807, 2.05) is 6.08 Å². The van der Waals surface area contributed by atoms with Gasteiger partial charge in [0.15, 0.2) is 44.0 Å². The molecule has 7 aliphatic rings. The standard InChI is InChI=1S/C88H159N3O36/c1-7-9-11-13-15-17-19-21-22-23-24-25-26-27-28-30-32-34-36-38-40-42-60(100)91-53(54(99)41-39-37-35-33-31-29-20-18-16-14-12-10-8-2)48-114-84-73(111)70(108)77(58(46-95)121-84)123-87-74(112)81(66(104)55(43-92)117-87)127-83-62(90-52(6)98)79(125-86-72(110)69(107)64(102)50(4)116-86)78(59(47-96)120-83)124-88-75(113)80(65(103)56(44-93)118-88)126-82-61(89-51(5)97)67(105)76(57(45-94)119-82)122-85-71(109)68(106)63(101)49(3)115-85/h39,41,49-50,53-59,61-88,92-96,99,101-113H,7-38,40,42-48H2,1-6H3,(H,89,97)(H,90,98)(H,91,100)/b41-39+/t49?,50?,53-,54+,55?,56?,57?,58?,59?,61?,62?,63+,64+,65-,66-,67+,68?,69?,70+,71-,72-,73?,74?,75?,76+,77+,78+,79+,80-,81-,82-,83-,84+,85+,86+,87-,88-/m0/s1. The maximum absolute atomic E-state index is 13.7. The molecule has 742 valence electrons. The van der Waals surface area contributed by atoms with Gasteiger partial charge in [-0.3, -0.25) is 14.4 Å². The molecule has 0 aliphatic carbocycles. The maximum Gasteiger partial charge on any atom is 0.220 e. The van der Waals surface area contributed by atoms with Gasteiger partial charge < -0.3 is 179 Å². The van der Waals surface area contributed by atoms with E-state index in [1.54, 1.807) is 6.08 Å². The fourth-order valence-corrected chi connectivity index (χ4v) is 17.5. The first-order valence-corrected chi connectivity index (χ1v) is 47.2. The third kappa shape index (κ3) is 34.0. The molecule has 7 aliphatic heterocycles. The summed E-state index contributed by atoms with van der Waals surface area (Å²) in [6.07, 6.45) is -22.2. The summed E-state index contributed by atoms with van der Waals surface area (Å²) < 4.78 is 84.7. The Morgan fingerprint density at radius 3 is 1.04 bits per heavy atom. The number of unbranched alkanes of at least 4 members (excludes halogenated alkanes) is 31. The molecule has 0 aromatic carbocycles. The highest BCUT2D eigenvalue weighted by molar-refractivity contribution is 5.76. The van der Waals surface area contributed by atoms with Gasteiger partial charge in [-0.05, 0) is 33.1 Å². The van der Waals surface area contributed by atoms with Gasteiger partial charge in [0, 0.05) is 20.3 Å². The van der Waals surface area contributed by atoms with Crippen LogP contribution in [0.4, 0.5) is 0 Å². The SMILES string of the molecule is CCCCCCCCCCCCC/C=C/[C@@H](O)[C@H](CO[C@@H]1OC(CO)[C@@H](O[C@@H]2OC(CO)[C@H](O)[C@H](O[C@@H]3OC(CO)[C@@H](O[C@@H]4OC(CO)[C@H](O)[C@H](O[C@@H]5OC(CO)[C@@H](O[C@H]6OC(C)[C@@H](O)C(O)[C@@H]6O)[C@H](O)C5NC(C)=O)C4O)[C@H](O[C@H]4OC(C)[C@@H](O)C(O)[C@@H]4O)C3NC(C)=O)C2O)[C@H](O)C1O)NC(=O)CCCCCCCCCCCCCCCCCCCCCCC. The van der Waals surface area contributed by atoms with Gasteiger partial charge in [0.25, 0.3) is 0 Å². The van der Waals surface area contributed by atoms with Crippen molar-refractivity contribution in [2.24, 2.45) is 0 Å². The van der Waals surface area contributed by atoms with Crippen molar-refractivity contribution in [3.63, 3.8) is 0 Å². The zero-order valence-electron chi connectivity index (χ0n) is 75.2. The summed E-state index contributed by atoms with van der Waals surface area (Å²) in [5.74, 6) is -2.13. The quantitative estimate of drug-likeness (QED) is 0.0277. The fourth-order valence-electron chi connectivity index (χ4n) is 17.5. The van der Waals surface area contributed by atoms with Crippen LogP contribution in [0.5, 0.6) is 0 Å². The van der Waals surface area contributed by atoms with Crippen molar-refractivity contribution in [1.82, 2.24) is 16.0 Å². The number of aliphatic hydroxyl groups excluding tert-OH is 19. The van der Waals surface area contributed by atoms with Crippen LogP contribution in [-0.2, 0) is 80.7 Å². The normalized spacial score (nSPS) is 37.9. The van der Waals surface area contributed by atoms with Gasteiger partial charge in [-0.15, -0.1) is 0 Å². The molecule has 7 heterocycles. The van der Waals surface area contributed by atoms with Crippen LogP contribution in [0.15, 0.2) is 12.2 Å². The topological polar surface area (TPSA) is 601 Å². The number of amides is 3. The van der Waals surface area contributed by atoms with Gasteiger partial charge >= 0.3 is 0 Å². The third-order valence-electron chi connectivity index (χ3n) is 25.3. The molecule has 7 rings (SSSR count). The second-order valence-corrected chi connectivity index (χ2v) is 35.6. The van der Waals surface area contributed by atoms with Gasteiger partial charge in [0.2, 0.25) is 17.7 Å². The number of ether oxygens (including phenoxy) is 14. The first-order valence-electron chi connectivity index (χ1n) is 47.2. The molecule has 0 aromatic heterocycles. The molecule has 39 nitrogen and oxygen atoms in total. The highest BCUT2D eigenvalue weighted by Gasteiger charge is 2.60. The lowest BCUT2D eigenvalue weighted by molar-refractivity contribution is -0.397. The van der Waals surface area contributed by atoms with Gasteiger partial charge in [0.05, 0.1) is 64.0 Å². The van der Waals surface area contributed by atoms with Crippen LogP contribution < -0.4 is 16.0 Å². The molecule has 37 atom stereocenters. The molecule has 0 aromatic rings. The van der Waals surface area contributed by atoms with E-state index in [-0.39, 0.29) is 12.3 Å². The lowest BCUT2D eigenvalue weighted by atomic mass is 9.93. The van der Waals surface area contributed by atoms with Crippen molar-refractivity contribution in [1.29, 1.82) is 0 Å². The van der Waals surface area contributed by atoms with Crippen molar-refractivity contribution in [3.05, 3.63) is 12.2 Å². The number of carbonyl (C=O) groups is 3. The third-order valence-corrected chi connectivity index (χ3v) is 25.3. The van der Waals surface area contributed by atoms with Crippen LogP contribution in [0.2, 0.25) is 0 Å². The number of allylic oxidation sites excluding steroid dienone is 1. The number of aliphatic hydroxyl groups is 19. The zero-order valence-corrected chi connectivity index (χ0v) is 75.2. The maximum atomic E-state index is 13.7. The summed E-state index contributed by atoms with van der Waals surface area (Å²) in [4.78, 5) is 40.1. The van der Waals surface area contributed by atoms with E-state index in [0.717, 1.165) is 65.2 Å². The number of hydrogen-bond donors (Lipinski definition) is 22. The molecule has 0 bridgehead atoms. The summed E-state index contributed by atoms with van der Waals surface area (Å²) in [6, 6.07) is -4.82. The average molecular weight is 1840 g/mol. The van der Waals surface area contributed by atoms with Gasteiger partial charge in [-0.2, -0.15) is 0 Å². The van der Waals surface area contributed by atoms with Crippen molar-refractivity contribution < 1.29 is 178 Å². The van der Waals surface area contributed by atoms with Crippen molar-refractivity contribution in [2.45, 2.75) is 487 Å². The molecule has 0 spiro atoms. The largest absolute Gasteiger partial charge is 0.394 e. The van der Waals surface area contributed by atoms with Gasteiger partial charge in [0.1, 0.15) is 159 Å². The van der Waals surface area contributed by atoms with Crippen LogP contribution in [0.3, 0.4) is 0 Å². The average Bonchev–Trinajstić information content (AvgIpc) is 0.762. The molecular weight excluding hydrogens is 1670 g/mol. The van der Waals surface area contributed by atoms with Crippen molar-refractivity contribution in [2.75, 3.05) is 39.6 Å². The Hall–Kier alpha value is -3.17. The molecular formula is C88H159N3O36. The van der Waals surface area contributed by atoms with Crippen LogP contribution in [0.1, 0.15) is 260 Å². The van der Waals surface area contributed by atoms with Crippen molar-refractivity contribution in [3.8, 4) is 0 Å². The van der Waals surface area contributed by atoms with Gasteiger partial charge in [-0.25, -0.2) is 0 Å². The molecule has 22 N–H and O–H groups in total. The molecule has 7 saturated heterocycles. The van der Waals surface area contributed by atoms with E-state index in [1.165, 1.54) is 162 Å². The number of carbonyl (C=O) groups excluding carboxylic acids is 3. The summed E-state index contributed by atoms with van der Waals surface area (Å²) in [7, 11) is 0. The molecule has 0 saturated carbocycles. The Bertz CT molecular complexity index is 3000. The Morgan fingerprint density at radius 2 is 0.638 bits per heavy atom. The lowest BCUT2D eigenvalue weighted by Gasteiger charge is -2.52. The molecule has 0 radical (unpaired) electrons. The summed E-state index contributed by atoms with van der Waals surface area (Å²) in [5.41, 5.74) is 0. The van der Waals surface area contributed by atoms with Gasteiger partial charge in [-0.1, -0.05) is 219 Å². The molecule has 14 unspecified atom stereocenters. The predicted molar refractivity (Wildman–Crippen MR) is 451 cm³/mol. The molecule has 127 heavy (non-hydrogen) atoms. The Labute approximate surface area is 747 Å². The summed E-state index contributed by atoms with van der Waals surface area (Å²) in [5, 5.41) is 223. The summed E-state index contributed by atoms with van der Waals surface area (Å²) >= 11 is 0.